The highest BCUT2D eigenvalue weighted by Gasteiger charge is 2.21. The van der Waals surface area contributed by atoms with E-state index in [1.165, 1.54) is 4.90 Å². The SMILES string of the molecule is CCC(C)c1ccc(Br)c(C(=O)N(C)C)c1O. The minimum absolute atomic E-state index is 0.0902. The summed E-state index contributed by atoms with van der Waals surface area (Å²) in [5, 5.41) is 10.2. The fourth-order valence-corrected chi connectivity index (χ4v) is 2.12. The lowest BCUT2D eigenvalue weighted by atomic mass is 9.95. The van der Waals surface area contributed by atoms with Gasteiger partial charge in [0.2, 0.25) is 0 Å². The maximum absolute atomic E-state index is 12.0. The summed E-state index contributed by atoms with van der Waals surface area (Å²) in [5.74, 6) is 0.128. The third-order valence-electron chi connectivity index (χ3n) is 2.92. The molecule has 3 nitrogen and oxygen atoms in total. The third kappa shape index (κ3) is 2.80. The van der Waals surface area contributed by atoms with Gasteiger partial charge in [0.25, 0.3) is 5.91 Å². The average Bonchev–Trinajstić information content (AvgIpc) is 2.28. The topological polar surface area (TPSA) is 40.5 Å². The first kappa shape index (κ1) is 14.0. The Labute approximate surface area is 111 Å². The monoisotopic (exact) mass is 299 g/mol. The number of halogens is 1. The van der Waals surface area contributed by atoms with Gasteiger partial charge in [-0.1, -0.05) is 19.9 Å². The summed E-state index contributed by atoms with van der Waals surface area (Å²) in [4.78, 5) is 13.4. The van der Waals surface area contributed by atoms with Gasteiger partial charge in [-0.3, -0.25) is 4.79 Å². The summed E-state index contributed by atoms with van der Waals surface area (Å²) in [6.07, 6.45) is 0.921. The lowest BCUT2D eigenvalue weighted by Crippen LogP contribution is -2.22. The predicted octanol–water partition coefficient (Wildman–Crippen LogP) is 3.37. The molecule has 0 radical (unpaired) electrons. The van der Waals surface area contributed by atoms with E-state index in [4.69, 9.17) is 0 Å². The second kappa shape index (κ2) is 5.54. The van der Waals surface area contributed by atoms with Crippen LogP contribution in [0.2, 0.25) is 0 Å². The van der Waals surface area contributed by atoms with Crippen molar-refractivity contribution in [3.63, 3.8) is 0 Å². The van der Waals surface area contributed by atoms with Crippen LogP contribution in [0, 0.1) is 0 Å². The smallest absolute Gasteiger partial charge is 0.258 e. The van der Waals surface area contributed by atoms with Gasteiger partial charge in [-0.15, -0.1) is 0 Å². The molecule has 0 aliphatic carbocycles. The van der Waals surface area contributed by atoms with Crippen molar-refractivity contribution in [1.29, 1.82) is 0 Å². The molecule has 0 heterocycles. The molecule has 0 bridgehead atoms. The molecule has 1 aromatic carbocycles. The number of carbonyl (C=O) groups excluding carboxylic acids is 1. The number of hydrogen-bond donors (Lipinski definition) is 1. The Bertz CT molecular complexity index is 430. The number of amides is 1. The van der Waals surface area contributed by atoms with E-state index in [9.17, 15) is 9.90 Å². The highest BCUT2D eigenvalue weighted by atomic mass is 79.9. The fraction of sp³-hybridized carbons (Fsp3) is 0.462. The number of nitrogens with zero attached hydrogens (tertiary/aromatic N) is 1. The minimum Gasteiger partial charge on any atom is -0.507 e. The lowest BCUT2D eigenvalue weighted by Gasteiger charge is -2.17. The van der Waals surface area contributed by atoms with E-state index in [1.54, 1.807) is 14.1 Å². The van der Waals surface area contributed by atoms with Gasteiger partial charge in [-0.2, -0.15) is 0 Å². The van der Waals surface area contributed by atoms with Gasteiger partial charge in [-0.05, 0) is 39.9 Å². The number of carbonyl (C=O) groups is 1. The Balaban J connectivity index is 3.34. The standard InChI is InChI=1S/C13H18BrNO2/c1-5-8(2)9-6-7-10(14)11(12(9)16)13(17)15(3)4/h6-8,16H,5H2,1-4H3. The molecule has 94 valence electrons. The predicted molar refractivity (Wildman–Crippen MR) is 72.5 cm³/mol. The van der Waals surface area contributed by atoms with Crippen molar-refractivity contribution in [1.82, 2.24) is 4.90 Å². The van der Waals surface area contributed by atoms with E-state index in [2.05, 4.69) is 22.9 Å². The number of phenolic OH excluding ortho intramolecular Hbond substituents is 1. The Hall–Kier alpha value is -1.03. The van der Waals surface area contributed by atoms with Gasteiger partial charge in [-0.25, -0.2) is 0 Å². The van der Waals surface area contributed by atoms with Crippen LogP contribution < -0.4 is 0 Å². The Morgan fingerprint density at radius 1 is 1.47 bits per heavy atom. The summed E-state index contributed by atoms with van der Waals surface area (Å²) >= 11 is 3.31. The van der Waals surface area contributed by atoms with E-state index in [-0.39, 0.29) is 17.6 Å². The van der Waals surface area contributed by atoms with Crippen LogP contribution >= 0.6 is 15.9 Å². The zero-order chi connectivity index (χ0) is 13.2. The fourth-order valence-electron chi connectivity index (χ4n) is 1.63. The quantitative estimate of drug-likeness (QED) is 0.929. The zero-order valence-electron chi connectivity index (χ0n) is 10.6. The maximum Gasteiger partial charge on any atom is 0.258 e. The number of aromatic hydroxyl groups is 1. The van der Waals surface area contributed by atoms with Gasteiger partial charge >= 0.3 is 0 Å². The molecule has 1 unspecified atom stereocenters. The van der Waals surface area contributed by atoms with Gasteiger partial charge < -0.3 is 10.0 Å². The maximum atomic E-state index is 12.0. The molecule has 0 aliphatic heterocycles. The summed E-state index contributed by atoms with van der Waals surface area (Å²) < 4.78 is 0.626. The van der Waals surface area contributed by atoms with Crippen molar-refractivity contribution >= 4 is 21.8 Å². The highest BCUT2D eigenvalue weighted by Crippen LogP contribution is 2.35. The number of rotatable bonds is 3. The molecule has 0 spiro atoms. The molecule has 17 heavy (non-hydrogen) atoms. The molecule has 0 aromatic heterocycles. The molecule has 0 aliphatic rings. The van der Waals surface area contributed by atoms with Crippen molar-refractivity contribution in [2.75, 3.05) is 14.1 Å². The molecule has 1 N–H and O–H groups in total. The van der Waals surface area contributed by atoms with Gasteiger partial charge in [0, 0.05) is 18.6 Å². The van der Waals surface area contributed by atoms with Crippen LogP contribution in [0.25, 0.3) is 0 Å². The van der Waals surface area contributed by atoms with Crippen molar-refractivity contribution in [3.05, 3.63) is 27.7 Å². The van der Waals surface area contributed by atoms with Crippen molar-refractivity contribution in [2.45, 2.75) is 26.2 Å². The highest BCUT2D eigenvalue weighted by molar-refractivity contribution is 9.10. The molecule has 0 saturated heterocycles. The normalized spacial score (nSPS) is 12.3. The average molecular weight is 300 g/mol. The molecule has 1 rings (SSSR count). The lowest BCUT2D eigenvalue weighted by molar-refractivity contribution is 0.0823. The van der Waals surface area contributed by atoms with E-state index in [0.717, 1.165) is 12.0 Å². The van der Waals surface area contributed by atoms with Gasteiger partial charge in [0.1, 0.15) is 5.75 Å². The molecule has 0 fully saturated rings. The summed E-state index contributed by atoms with van der Waals surface area (Å²) in [6.45, 7) is 4.09. The van der Waals surface area contributed by atoms with Crippen LogP contribution in [0.15, 0.2) is 16.6 Å². The molecule has 4 heteroatoms. The van der Waals surface area contributed by atoms with Crippen molar-refractivity contribution in [3.8, 4) is 5.75 Å². The molecular weight excluding hydrogens is 282 g/mol. The van der Waals surface area contributed by atoms with Crippen LogP contribution in [0.4, 0.5) is 0 Å². The van der Waals surface area contributed by atoms with Crippen LogP contribution in [-0.2, 0) is 0 Å². The second-order valence-electron chi connectivity index (χ2n) is 4.37. The second-order valence-corrected chi connectivity index (χ2v) is 5.22. The van der Waals surface area contributed by atoms with E-state index < -0.39 is 0 Å². The van der Waals surface area contributed by atoms with E-state index in [0.29, 0.717) is 10.0 Å². The largest absolute Gasteiger partial charge is 0.507 e. The molecule has 1 aromatic rings. The third-order valence-corrected chi connectivity index (χ3v) is 3.58. The van der Waals surface area contributed by atoms with Gasteiger partial charge in [0.05, 0.1) is 5.56 Å². The number of hydrogen-bond acceptors (Lipinski definition) is 2. The molecule has 0 saturated carbocycles. The van der Waals surface area contributed by atoms with E-state index >= 15 is 0 Å². The molecule has 1 amide bonds. The van der Waals surface area contributed by atoms with Crippen LogP contribution in [0.5, 0.6) is 5.75 Å². The first-order chi connectivity index (χ1) is 7.90. The van der Waals surface area contributed by atoms with Crippen LogP contribution in [0.1, 0.15) is 42.1 Å². The number of phenols is 1. The van der Waals surface area contributed by atoms with Crippen molar-refractivity contribution < 1.29 is 9.90 Å². The summed E-state index contributed by atoms with van der Waals surface area (Å²) in [6, 6.07) is 3.68. The van der Waals surface area contributed by atoms with Gasteiger partial charge in [0.15, 0.2) is 0 Å². The first-order valence-electron chi connectivity index (χ1n) is 5.63. The number of benzene rings is 1. The van der Waals surface area contributed by atoms with Crippen LogP contribution in [-0.4, -0.2) is 30.0 Å². The van der Waals surface area contributed by atoms with Crippen molar-refractivity contribution in [2.24, 2.45) is 0 Å². The Kier molecular flexibility index (Phi) is 4.57. The van der Waals surface area contributed by atoms with Crippen LogP contribution in [0.3, 0.4) is 0 Å². The Morgan fingerprint density at radius 2 is 2.06 bits per heavy atom. The summed E-state index contributed by atoms with van der Waals surface area (Å²) in [7, 11) is 3.34. The molecular formula is C13H18BrNO2. The Morgan fingerprint density at radius 3 is 2.53 bits per heavy atom. The minimum atomic E-state index is -0.195. The first-order valence-corrected chi connectivity index (χ1v) is 6.42. The summed E-state index contributed by atoms with van der Waals surface area (Å²) in [5.41, 5.74) is 1.16. The molecule has 1 atom stereocenters. The zero-order valence-corrected chi connectivity index (χ0v) is 12.2. The van der Waals surface area contributed by atoms with E-state index in [1.807, 2.05) is 19.1 Å².